The molecule has 150 valence electrons. The highest BCUT2D eigenvalue weighted by atomic mass is 16.5. The van der Waals surface area contributed by atoms with E-state index in [1.807, 2.05) is 30.5 Å². The minimum Gasteiger partial charge on any atom is -0.507 e. The first kappa shape index (κ1) is 19.3. The summed E-state index contributed by atoms with van der Waals surface area (Å²) in [6, 6.07) is 11.2. The van der Waals surface area contributed by atoms with E-state index >= 15 is 0 Å². The number of aromatic nitrogens is 1. The van der Waals surface area contributed by atoms with Crippen LogP contribution in [0.25, 0.3) is 17.0 Å². The van der Waals surface area contributed by atoms with Crippen LogP contribution in [0.2, 0.25) is 0 Å². The molecule has 0 fully saturated rings. The minimum absolute atomic E-state index is 0.140. The molecular weight excluding hydrogens is 364 g/mol. The van der Waals surface area contributed by atoms with E-state index in [9.17, 15) is 9.90 Å². The number of carbonyl (C=O) groups is 1. The molecule has 0 saturated carbocycles. The zero-order chi connectivity index (χ0) is 20.4. The van der Waals surface area contributed by atoms with Crippen LogP contribution in [0.4, 0.5) is 0 Å². The second-order valence-corrected chi connectivity index (χ2v) is 7.60. The van der Waals surface area contributed by atoms with Gasteiger partial charge in [0.1, 0.15) is 12.3 Å². The fourth-order valence-electron chi connectivity index (χ4n) is 4.08. The predicted molar refractivity (Wildman–Crippen MR) is 114 cm³/mol. The molecule has 0 amide bonds. The normalized spacial score (nSPS) is 14.7. The molecule has 0 spiro atoms. The molecule has 5 heteroatoms. The molecule has 29 heavy (non-hydrogen) atoms. The second-order valence-electron chi connectivity index (χ2n) is 7.60. The van der Waals surface area contributed by atoms with E-state index in [1.54, 1.807) is 18.2 Å². The number of H-pyrrole nitrogens is 1. The molecule has 1 aromatic heterocycles. The van der Waals surface area contributed by atoms with E-state index in [4.69, 9.17) is 4.74 Å². The molecule has 2 aromatic carbocycles. The Hall–Kier alpha value is -3.05. The number of fused-ring (bicyclic) bond motifs is 2. The molecule has 3 aromatic rings. The largest absolute Gasteiger partial charge is 0.507 e. The van der Waals surface area contributed by atoms with Crippen molar-refractivity contribution >= 4 is 22.8 Å². The van der Waals surface area contributed by atoms with Crippen LogP contribution in [0.15, 0.2) is 48.4 Å². The molecular formula is C24H27N2O3+. The van der Waals surface area contributed by atoms with Gasteiger partial charge in [-0.05, 0) is 37.1 Å². The summed E-state index contributed by atoms with van der Waals surface area (Å²) in [6.07, 6.45) is 5.79. The lowest BCUT2D eigenvalue weighted by Gasteiger charge is -2.19. The van der Waals surface area contributed by atoms with Crippen molar-refractivity contribution in [2.24, 2.45) is 0 Å². The van der Waals surface area contributed by atoms with Crippen molar-refractivity contribution in [2.75, 3.05) is 13.1 Å². The number of Topliss-reactive ketones (excluding diaryl/α,β-unsaturated/α-hetero) is 1. The number of rotatable bonds is 7. The van der Waals surface area contributed by atoms with Crippen molar-refractivity contribution in [3.05, 3.63) is 65.0 Å². The number of aromatic amines is 1. The Morgan fingerprint density at radius 3 is 2.62 bits per heavy atom. The Morgan fingerprint density at radius 1 is 1.10 bits per heavy atom. The number of quaternary nitrogens is 1. The Kier molecular flexibility index (Phi) is 5.41. The summed E-state index contributed by atoms with van der Waals surface area (Å²) in [5, 5.41) is 11.5. The predicted octanol–water partition coefficient (Wildman–Crippen LogP) is 3.69. The number of para-hydroxylation sites is 1. The average molecular weight is 391 g/mol. The van der Waals surface area contributed by atoms with Crippen LogP contribution in [-0.4, -0.2) is 29.0 Å². The van der Waals surface area contributed by atoms with E-state index in [0.29, 0.717) is 23.6 Å². The van der Waals surface area contributed by atoms with Gasteiger partial charge in [-0.3, -0.25) is 4.79 Å². The molecule has 0 atom stereocenters. The molecule has 0 aliphatic carbocycles. The highest BCUT2D eigenvalue weighted by Crippen LogP contribution is 2.39. The topological polar surface area (TPSA) is 66.8 Å². The summed E-state index contributed by atoms with van der Waals surface area (Å²) in [7, 11) is 0. The number of phenols is 1. The van der Waals surface area contributed by atoms with Crippen LogP contribution in [0.3, 0.4) is 0 Å². The Bertz CT molecular complexity index is 1070. The summed E-state index contributed by atoms with van der Waals surface area (Å²) in [5.41, 5.74) is 3.16. The molecule has 0 saturated heterocycles. The van der Waals surface area contributed by atoms with Crippen LogP contribution < -0.4 is 9.64 Å². The van der Waals surface area contributed by atoms with Crippen LogP contribution in [0.5, 0.6) is 11.5 Å². The Morgan fingerprint density at radius 2 is 1.86 bits per heavy atom. The van der Waals surface area contributed by atoms with Crippen molar-refractivity contribution in [1.82, 2.24) is 4.98 Å². The first-order valence-electron chi connectivity index (χ1n) is 10.3. The lowest BCUT2D eigenvalue weighted by Crippen LogP contribution is -3.10. The standard InChI is InChI=1S/C24H26N2O3/c1-3-11-26(12-4-2)15-19-21(27)10-9-18-23(28)22(29-24(18)19)13-16-14-25-20-8-6-5-7-17(16)20/h5-10,13-14,25,27H,3-4,11-12,15H2,1-2H3/p+1/b22-13+. The van der Waals surface area contributed by atoms with Gasteiger partial charge in [0.15, 0.2) is 11.5 Å². The van der Waals surface area contributed by atoms with Crippen molar-refractivity contribution in [3.63, 3.8) is 0 Å². The molecule has 5 nitrogen and oxygen atoms in total. The van der Waals surface area contributed by atoms with Gasteiger partial charge >= 0.3 is 0 Å². The van der Waals surface area contributed by atoms with E-state index < -0.39 is 0 Å². The van der Waals surface area contributed by atoms with Crippen molar-refractivity contribution in [1.29, 1.82) is 0 Å². The van der Waals surface area contributed by atoms with Crippen molar-refractivity contribution in [3.8, 4) is 11.5 Å². The van der Waals surface area contributed by atoms with Crippen molar-refractivity contribution in [2.45, 2.75) is 33.2 Å². The third kappa shape index (κ3) is 3.66. The maximum absolute atomic E-state index is 13.0. The molecule has 0 radical (unpaired) electrons. The van der Waals surface area contributed by atoms with E-state index in [2.05, 4.69) is 18.8 Å². The first-order valence-corrected chi connectivity index (χ1v) is 10.3. The summed E-state index contributed by atoms with van der Waals surface area (Å²) in [5.74, 6) is 0.851. The van der Waals surface area contributed by atoms with E-state index in [1.165, 1.54) is 4.90 Å². The Balaban J connectivity index is 1.69. The molecule has 1 aliphatic heterocycles. The molecule has 0 bridgehead atoms. The zero-order valence-electron chi connectivity index (χ0n) is 16.9. The first-order chi connectivity index (χ1) is 14.1. The number of ether oxygens (including phenoxy) is 1. The monoisotopic (exact) mass is 391 g/mol. The summed E-state index contributed by atoms with van der Waals surface area (Å²) in [6.45, 7) is 7.00. The number of carbonyl (C=O) groups excluding carboxylic acids is 1. The number of hydrogen-bond donors (Lipinski definition) is 3. The number of ketones is 1. The van der Waals surface area contributed by atoms with Gasteiger partial charge in [-0.25, -0.2) is 0 Å². The van der Waals surface area contributed by atoms with Gasteiger partial charge in [-0.15, -0.1) is 0 Å². The third-order valence-corrected chi connectivity index (χ3v) is 5.46. The fraction of sp³-hybridized carbons (Fsp3) is 0.292. The number of hydrogen-bond acceptors (Lipinski definition) is 3. The minimum atomic E-state index is -0.140. The van der Waals surface area contributed by atoms with E-state index in [-0.39, 0.29) is 11.5 Å². The molecule has 2 heterocycles. The molecule has 1 aliphatic rings. The second kappa shape index (κ2) is 8.13. The van der Waals surface area contributed by atoms with Crippen LogP contribution in [0.1, 0.15) is 48.2 Å². The highest BCUT2D eigenvalue weighted by molar-refractivity contribution is 6.15. The van der Waals surface area contributed by atoms with E-state index in [0.717, 1.165) is 48.0 Å². The van der Waals surface area contributed by atoms with Gasteiger partial charge in [0, 0.05) is 22.7 Å². The van der Waals surface area contributed by atoms with Crippen LogP contribution in [-0.2, 0) is 6.54 Å². The fourth-order valence-corrected chi connectivity index (χ4v) is 4.08. The average Bonchev–Trinajstić information content (AvgIpc) is 3.26. The number of nitrogens with one attached hydrogen (secondary N) is 2. The number of phenolic OH excluding ortho intramolecular Hbond substituents is 1. The quantitative estimate of drug-likeness (QED) is 0.538. The lowest BCUT2D eigenvalue weighted by atomic mass is 10.0. The third-order valence-electron chi connectivity index (χ3n) is 5.46. The Labute approximate surface area is 170 Å². The summed E-state index contributed by atoms with van der Waals surface area (Å²) in [4.78, 5) is 17.6. The van der Waals surface area contributed by atoms with Gasteiger partial charge in [0.25, 0.3) is 0 Å². The van der Waals surface area contributed by atoms with Crippen molar-refractivity contribution < 1.29 is 19.5 Å². The van der Waals surface area contributed by atoms with Gasteiger partial charge in [0.05, 0.1) is 24.2 Å². The molecule has 4 rings (SSSR count). The molecule has 0 unspecified atom stereocenters. The number of allylic oxidation sites excluding steroid dienone is 1. The maximum Gasteiger partial charge on any atom is 0.231 e. The smallest absolute Gasteiger partial charge is 0.231 e. The zero-order valence-corrected chi connectivity index (χ0v) is 16.9. The summed E-state index contributed by atoms with van der Waals surface area (Å²) < 4.78 is 6.03. The summed E-state index contributed by atoms with van der Waals surface area (Å²) >= 11 is 0. The van der Waals surface area contributed by atoms with Crippen LogP contribution in [0, 0.1) is 0 Å². The SMILES string of the molecule is CCC[NH+](CCC)Cc1c(O)ccc2c1O/C(=C/c1c[nH]c3ccccc13)C2=O. The van der Waals surface area contributed by atoms with Crippen LogP contribution >= 0.6 is 0 Å². The molecule has 3 N–H and O–H groups in total. The number of aromatic hydroxyl groups is 1. The van der Waals surface area contributed by atoms with Gasteiger partial charge in [0.2, 0.25) is 5.78 Å². The maximum atomic E-state index is 13.0. The van der Waals surface area contributed by atoms with Gasteiger partial charge < -0.3 is 19.7 Å². The lowest BCUT2D eigenvalue weighted by molar-refractivity contribution is -0.914. The van der Waals surface area contributed by atoms with Gasteiger partial charge in [-0.1, -0.05) is 32.0 Å². The van der Waals surface area contributed by atoms with Gasteiger partial charge in [-0.2, -0.15) is 0 Å². The number of benzene rings is 2. The highest BCUT2D eigenvalue weighted by Gasteiger charge is 2.32.